The Hall–Kier alpha value is -2.04. The Labute approximate surface area is 128 Å². The Morgan fingerprint density at radius 1 is 1.10 bits per heavy atom. The van der Waals surface area contributed by atoms with Crippen LogP contribution in [0, 0.1) is 0 Å². The third kappa shape index (κ3) is 3.97. The first kappa shape index (κ1) is 15.4. The van der Waals surface area contributed by atoms with Gasteiger partial charge in [0.2, 0.25) is 0 Å². The van der Waals surface area contributed by atoms with Crippen LogP contribution in [-0.2, 0) is 0 Å². The quantitative estimate of drug-likeness (QED) is 0.759. The molecule has 0 amide bonds. The minimum atomic E-state index is -0.803. The monoisotopic (exact) mass is 305 g/mol. The maximum absolute atomic E-state index is 10.2. The summed E-state index contributed by atoms with van der Waals surface area (Å²) in [6.45, 7) is 1.76. The lowest BCUT2D eigenvalue weighted by atomic mass is 10.0. The number of phenols is 2. The van der Waals surface area contributed by atoms with Gasteiger partial charge in [-0.25, -0.2) is 0 Å². The predicted octanol–water partition coefficient (Wildman–Crippen LogP) is 3.29. The fraction of sp³-hybridized carbons (Fsp3) is 0.188. The number of nitrogens with zero attached hydrogens (tertiary/aromatic N) is 1. The zero-order valence-corrected chi connectivity index (χ0v) is 12.2. The summed E-state index contributed by atoms with van der Waals surface area (Å²) in [4.78, 5) is 4.24. The highest BCUT2D eigenvalue weighted by Crippen LogP contribution is 2.23. The maximum Gasteiger partial charge on any atom is 0.124 e. The number of aliphatic hydroxyl groups excluding tert-OH is 1. The van der Waals surface area contributed by atoms with Crippen LogP contribution in [0.1, 0.15) is 24.2 Å². The van der Waals surface area contributed by atoms with Gasteiger partial charge in [-0.05, 0) is 42.8 Å². The second-order valence-electron chi connectivity index (χ2n) is 4.76. The molecular weight excluding hydrogens is 290 g/mol. The van der Waals surface area contributed by atoms with Crippen molar-refractivity contribution in [2.45, 2.75) is 19.1 Å². The maximum atomic E-state index is 10.2. The summed E-state index contributed by atoms with van der Waals surface area (Å²) in [6, 6.07) is 10.6. The Kier molecular flexibility index (Phi) is 4.83. The molecule has 0 aromatic heterocycles. The van der Waals surface area contributed by atoms with Gasteiger partial charge < -0.3 is 15.3 Å². The Morgan fingerprint density at radius 2 is 1.76 bits per heavy atom. The number of hydrogen-bond acceptors (Lipinski definition) is 4. The fourth-order valence-electron chi connectivity index (χ4n) is 1.86. The molecule has 0 saturated carbocycles. The molecule has 110 valence electrons. The predicted molar refractivity (Wildman–Crippen MR) is 83.2 cm³/mol. The molecule has 0 aliphatic carbocycles. The summed E-state index contributed by atoms with van der Waals surface area (Å²) in [5, 5.41) is 29.6. The second-order valence-corrected chi connectivity index (χ2v) is 5.19. The molecule has 4 nitrogen and oxygen atoms in total. The zero-order chi connectivity index (χ0) is 15.4. The van der Waals surface area contributed by atoms with Crippen LogP contribution in [0.4, 0.5) is 0 Å². The first-order chi connectivity index (χ1) is 9.97. The molecule has 0 aliphatic heterocycles. The van der Waals surface area contributed by atoms with Gasteiger partial charge in [-0.15, -0.1) is 0 Å². The van der Waals surface area contributed by atoms with Gasteiger partial charge in [-0.1, -0.05) is 23.7 Å². The number of phenolic OH excluding ortho intramolecular Hbond substituents is 2. The van der Waals surface area contributed by atoms with E-state index in [1.54, 1.807) is 31.2 Å². The van der Waals surface area contributed by atoms with Crippen LogP contribution in [0.25, 0.3) is 0 Å². The molecule has 5 heteroatoms. The van der Waals surface area contributed by atoms with Crippen LogP contribution in [0.3, 0.4) is 0 Å². The summed E-state index contributed by atoms with van der Waals surface area (Å²) >= 11 is 5.86. The SMILES string of the molecule is C[C@@H](N=Cc1cc(Cl)ccc1O)[C@H](O)c1ccc(O)cc1. The molecule has 0 spiro atoms. The Bertz CT molecular complexity index is 640. The number of aromatic hydroxyl groups is 2. The summed E-state index contributed by atoms with van der Waals surface area (Å²) in [5.41, 5.74) is 1.15. The smallest absolute Gasteiger partial charge is 0.124 e. The topological polar surface area (TPSA) is 73.1 Å². The minimum Gasteiger partial charge on any atom is -0.508 e. The van der Waals surface area contributed by atoms with Crippen molar-refractivity contribution in [2.24, 2.45) is 4.99 Å². The van der Waals surface area contributed by atoms with Crippen LogP contribution in [0.2, 0.25) is 5.02 Å². The first-order valence-electron chi connectivity index (χ1n) is 6.46. The van der Waals surface area contributed by atoms with Crippen molar-refractivity contribution in [1.82, 2.24) is 0 Å². The van der Waals surface area contributed by atoms with Gasteiger partial charge in [0.25, 0.3) is 0 Å². The van der Waals surface area contributed by atoms with E-state index in [2.05, 4.69) is 4.99 Å². The number of aliphatic imine (C=N–C) groups is 1. The molecule has 2 atom stereocenters. The van der Waals surface area contributed by atoms with Gasteiger partial charge in [0, 0.05) is 16.8 Å². The highest BCUT2D eigenvalue weighted by Gasteiger charge is 2.15. The van der Waals surface area contributed by atoms with E-state index in [0.29, 0.717) is 16.1 Å². The fourth-order valence-corrected chi connectivity index (χ4v) is 2.04. The van der Waals surface area contributed by atoms with E-state index >= 15 is 0 Å². The van der Waals surface area contributed by atoms with E-state index in [4.69, 9.17) is 11.6 Å². The van der Waals surface area contributed by atoms with Crippen LogP contribution in [-0.4, -0.2) is 27.6 Å². The average molecular weight is 306 g/mol. The number of halogens is 1. The molecule has 21 heavy (non-hydrogen) atoms. The van der Waals surface area contributed by atoms with Gasteiger partial charge in [-0.2, -0.15) is 0 Å². The molecule has 0 fully saturated rings. The number of rotatable bonds is 4. The summed E-state index contributed by atoms with van der Waals surface area (Å²) in [6.07, 6.45) is 0.679. The van der Waals surface area contributed by atoms with Crippen LogP contribution in [0.15, 0.2) is 47.5 Å². The van der Waals surface area contributed by atoms with Gasteiger partial charge in [0.05, 0.1) is 6.04 Å². The average Bonchev–Trinajstić information content (AvgIpc) is 2.48. The Morgan fingerprint density at radius 3 is 2.43 bits per heavy atom. The second kappa shape index (κ2) is 6.61. The van der Waals surface area contributed by atoms with Crippen LogP contribution in [0.5, 0.6) is 11.5 Å². The van der Waals surface area contributed by atoms with E-state index in [1.807, 2.05) is 0 Å². The van der Waals surface area contributed by atoms with Gasteiger partial charge in [0.1, 0.15) is 17.6 Å². The molecule has 0 aliphatic rings. The minimum absolute atomic E-state index is 0.0782. The molecule has 0 radical (unpaired) electrons. The third-order valence-electron chi connectivity index (χ3n) is 3.13. The third-order valence-corrected chi connectivity index (χ3v) is 3.36. The molecule has 0 heterocycles. The van der Waals surface area contributed by atoms with E-state index in [1.165, 1.54) is 24.4 Å². The summed E-state index contributed by atoms with van der Waals surface area (Å²) < 4.78 is 0. The van der Waals surface area contributed by atoms with Gasteiger partial charge in [0.15, 0.2) is 0 Å². The normalized spacial score (nSPS) is 14.2. The Balaban J connectivity index is 2.13. The van der Waals surface area contributed by atoms with Gasteiger partial charge >= 0.3 is 0 Å². The number of aliphatic hydroxyl groups is 1. The van der Waals surface area contributed by atoms with E-state index in [-0.39, 0.29) is 11.5 Å². The van der Waals surface area contributed by atoms with Crippen molar-refractivity contribution in [3.05, 3.63) is 58.6 Å². The number of hydrogen-bond donors (Lipinski definition) is 3. The van der Waals surface area contributed by atoms with Crippen molar-refractivity contribution >= 4 is 17.8 Å². The van der Waals surface area contributed by atoms with E-state index in [0.717, 1.165) is 0 Å². The largest absolute Gasteiger partial charge is 0.508 e. The highest BCUT2D eigenvalue weighted by molar-refractivity contribution is 6.30. The van der Waals surface area contributed by atoms with Crippen molar-refractivity contribution < 1.29 is 15.3 Å². The molecular formula is C16H16ClNO3. The standard InChI is InChI=1S/C16H16ClNO3/c1-10(16(21)11-2-5-14(19)6-3-11)18-9-12-8-13(17)4-7-15(12)20/h2-10,16,19-21H,1H3/t10-,16+/m1/s1. The van der Waals surface area contributed by atoms with Crippen molar-refractivity contribution in [1.29, 1.82) is 0 Å². The molecule has 0 saturated heterocycles. The molecule has 2 aromatic carbocycles. The first-order valence-corrected chi connectivity index (χ1v) is 6.84. The molecule has 2 aromatic rings. The van der Waals surface area contributed by atoms with Crippen LogP contribution < -0.4 is 0 Å². The van der Waals surface area contributed by atoms with Gasteiger partial charge in [-0.3, -0.25) is 4.99 Å². The van der Waals surface area contributed by atoms with Crippen LogP contribution >= 0.6 is 11.6 Å². The lowest BCUT2D eigenvalue weighted by molar-refractivity contribution is 0.154. The number of benzene rings is 2. The summed E-state index contributed by atoms with van der Waals surface area (Å²) in [5.74, 6) is 0.223. The van der Waals surface area contributed by atoms with E-state index < -0.39 is 12.1 Å². The zero-order valence-electron chi connectivity index (χ0n) is 11.4. The highest BCUT2D eigenvalue weighted by atomic mass is 35.5. The van der Waals surface area contributed by atoms with E-state index in [9.17, 15) is 15.3 Å². The van der Waals surface area contributed by atoms with Crippen molar-refractivity contribution in [3.63, 3.8) is 0 Å². The lowest BCUT2D eigenvalue weighted by Crippen LogP contribution is -2.12. The van der Waals surface area contributed by atoms with Crippen molar-refractivity contribution in [2.75, 3.05) is 0 Å². The summed E-state index contributed by atoms with van der Waals surface area (Å²) in [7, 11) is 0. The molecule has 3 N–H and O–H groups in total. The molecule has 2 rings (SSSR count). The van der Waals surface area contributed by atoms with Crippen molar-refractivity contribution in [3.8, 4) is 11.5 Å². The molecule has 0 unspecified atom stereocenters. The molecule has 0 bridgehead atoms. The lowest BCUT2D eigenvalue weighted by Gasteiger charge is -2.15.